The quantitative estimate of drug-likeness (QED) is 0.387. The number of hydrogen-bond acceptors (Lipinski definition) is 5. The monoisotopic (exact) mass is 434 g/mol. The second-order valence-electron chi connectivity index (χ2n) is 5.93. The molecular weight excluding hydrogens is 420 g/mol. The Morgan fingerprint density at radius 3 is 2.55 bits per heavy atom. The van der Waals surface area contributed by atoms with Crippen LogP contribution in [0.2, 0.25) is 5.02 Å². The van der Waals surface area contributed by atoms with Crippen molar-refractivity contribution in [3.63, 3.8) is 0 Å². The summed E-state index contributed by atoms with van der Waals surface area (Å²) in [5, 5.41) is -0.307. The molecule has 0 N–H and O–H groups in total. The molecule has 0 aliphatic carbocycles. The third kappa shape index (κ3) is 5.14. The number of nitrogens with zero attached hydrogens (tertiary/aromatic N) is 2. The second kappa shape index (κ2) is 8.64. The van der Waals surface area contributed by atoms with Gasteiger partial charge >= 0.3 is 18.2 Å². The molecule has 0 aliphatic heterocycles. The van der Waals surface area contributed by atoms with Gasteiger partial charge in [-0.25, -0.2) is 13.8 Å². The van der Waals surface area contributed by atoms with Crippen LogP contribution in [-0.4, -0.2) is 28.2 Å². The molecule has 0 atom stereocenters. The smallest absolute Gasteiger partial charge is 0.433 e. The van der Waals surface area contributed by atoms with E-state index in [9.17, 15) is 27.2 Å². The van der Waals surface area contributed by atoms with Crippen molar-refractivity contribution in [2.75, 3.05) is 6.61 Å². The molecule has 11 heteroatoms. The Balaban J connectivity index is 2.74. The van der Waals surface area contributed by atoms with Gasteiger partial charge in [0.25, 0.3) is 5.56 Å². The summed E-state index contributed by atoms with van der Waals surface area (Å²) < 4.78 is 64.0. The van der Waals surface area contributed by atoms with Crippen LogP contribution < -0.4 is 10.3 Å². The molecule has 2 aromatic rings. The van der Waals surface area contributed by atoms with Crippen LogP contribution >= 0.6 is 11.6 Å². The lowest BCUT2D eigenvalue weighted by atomic mass is 10.2. The summed E-state index contributed by atoms with van der Waals surface area (Å²) in [6.45, 7) is 6.18. The Labute approximate surface area is 167 Å². The fraction of sp³-hybridized carbons (Fsp3) is 0.278. The van der Waals surface area contributed by atoms with Crippen LogP contribution in [0.1, 0.15) is 29.9 Å². The van der Waals surface area contributed by atoms with Gasteiger partial charge in [0.15, 0.2) is 5.69 Å². The largest absolute Gasteiger partial charge is 0.460 e. The van der Waals surface area contributed by atoms with E-state index in [1.54, 1.807) is 13.8 Å². The Bertz CT molecular complexity index is 1000. The fourth-order valence-electron chi connectivity index (χ4n) is 2.20. The van der Waals surface area contributed by atoms with E-state index in [0.717, 1.165) is 12.1 Å². The lowest BCUT2D eigenvalue weighted by Crippen LogP contribution is -2.26. The molecule has 29 heavy (non-hydrogen) atoms. The molecule has 1 aromatic heterocycles. The minimum atomic E-state index is -4.94. The number of ether oxygens (including phenoxy) is 2. The van der Waals surface area contributed by atoms with E-state index in [1.807, 2.05) is 0 Å². The normalized spacial score (nSPS) is 11.4. The zero-order valence-corrected chi connectivity index (χ0v) is 16.0. The third-order valence-corrected chi connectivity index (χ3v) is 3.66. The van der Waals surface area contributed by atoms with Gasteiger partial charge in [0.2, 0.25) is 0 Å². The van der Waals surface area contributed by atoms with Crippen LogP contribution in [-0.2, 0) is 10.9 Å². The summed E-state index contributed by atoms with van der Waals surface area (Å²) in [5.74, 6) is -2.00. The number of halogens is 5. The molecule has 0 aliphatic rings. The van der Waals surface area contributed by atoms with Crippen molar-refractivity contribution >= 4 is 17.6 Å². The molecule has 0 fully saturated rings. The summed E-state index contributed by atoms with van der Waals surface area (Å²) >= 11 is 5.88. The summed E-state index contributed by atoms with van der Waals surface area (Å²) in [4.78, 5) is 27.8. The van der Waals surface area contributed by atoms with Gasteiger partial charge < -0.3 is 9.47 Å². The number of benzene rings is 1. The number of hydrogen-bond donors (Lipinski definition) is 0. The number of carbonyl (C=O) groups excluding carboxylic acids is 1. The number of rotatable bonds is 6. The van der Waals surface area contributed by atoms with Crippen molar-refractivity contribution in [2.24, 2.45) is 0 Å². The number of carbonyl (C=O) groups is 1. The topological polar surface area (TPSA) is 70.4 Å². The van der Waals surface area contributed by atoms with Gasteiger partial charge in [-0.15, -0.1) is 0 Å². The summed E-state index contributed by atoms with van der Waals surface area (Å²) in [7, 11) is 0. The summed E-state index contributed by atoms with van der Waals surface area (Å²) in [6.07, 6.45) is -4.26. The third-order valence-electron chi connectivity index (χ3n) is 3.35. The van der Waals surface area contributed by atoms with Crippen molar-refractivity contribution in [1.29, 1.82) is 0 Å². The van der Waals surface area contributed by atoms with Crippen LogP contribution in [0.5, 0.6) is 6.01 Å². The molecule has 0 unspecified atom stereocenters. The lowest BCUT2D eigenvalue weighted by molar-refractivity contribution is -0.141. The highest BCUT2D eigenvalue weighted by Gasteiger charge is 2.35. The molecule has 0 radical (unpaired) electrons. The number of esters is 1. The predicted octanol–water partition coefficient (Wildman–Crippen LogP) is 4.17. The first-order valence-corrected chi connectivity index (χ1v) is 8.49. The van der Waals surface area contributed by atoms with Gasteiger partial charge in [-0.3, -0.25) is 4.79 Å². The van der Waals surface area contributed by atoms with Crippen molar-refractivity contribution in [3.8, 4) is 11.7 Å². The van der Waals surface area contributed by atoms with Gasteiger partial charge in [0.1, 0.15) is 12.4 Å². The highest BCUT2D eigenvalue weighted by molar-refractivity contribution is 6.33. The zero-order chi connectivity index (χ0) is 21.9. The molecule has 0 saturated carbocycles. The molecule has 1 aromatic carbocycles. The van der Waals surface area contributed by atoms with E-state index >= 15 is 0 Å². The Kier molecular flexibility index (Phi) is 6.68. The van der Waals surface area contributed by atoms with Crippen LogP contribution in [0, 0.1) is 5.82 Å². The van der Waals surface area contributed by atoms with E-state index in [1.165, 1.54) is 6.08 Å². The zero-order valence-electron chi connectivity index (χ0n) is 15.2. The van der Waals surface area contributed by atoms with Crippen molar-refractivity contribution in [1.82, 2.24) is 9.55 Å². The summed E-state index contributed by atoms with van der Waals surface area (Å²) in [6, 6.07) is 0.949. The van der Waals surface area contributed by atoms with Gasteiger partial charge in [0, 0.05) is 6.07 Å². The highest BCUT2D eigenvalue weighted by Crippen LogP contribution is 2.30. The predicted molar refractivity (Wildman–Crippen MR) is 96.0 cm³/mol. The molecule has 1 heterocycles. The van der Waals surface area contributed by atoms with E-state index < -0.39 is 47.0 Å². The van der Waals surface area contributed by atoms with E-state index in [-0.39, 0.29) is 23.3 Å². The molecule has 2 rings (SSSR count). The first kappa shape index (κ1) is 22.4. The molecule has 0 bridgehead atoms. The van der Waals surface area contributed by atoms with Crippen LogP contribution in [0.15, 0.2) is 35.6 Å². The van der Waals surface area contributed by atoms with Gasteiger partial charge in [-0.05, 0) is 26.0 Å². The summed E-state index contributed by atoms with van der Waals surface area (Å²) in [5.41, 5.74) is -3.68. The van der Waals surface area contributed by atoms with Gasteiger partial charge in [0.05, 0.1) is 22.4 Å². The maximum Gasteiger partial charge on any atom is 0.433 e. The van der Waals surface area contributed by atoms with E-state index in [4.69, 9.17) is 21.1 Å². The average molecular weight is 435 g/mol. The first-order valence-electron chi connectivity index (χ1n) is 8.11. The maximum absolute atomic E-state index is 14.5. The molecular formula is C18H15ClF4N2O4. The van der Waals surface area contributed by atoms with Gasteiger partial charge in [-0.1, -0.05) is 24.3 Å². The van der Waals surface area contributed by atoms with Crippen LogP contribution in [0.4, 0.5) is 17.6 Å². The average Bonchev–Trinajstić information content (AvgIpc) is 2.59. The lowest BCUT2D eigenvalue weighted by Gasteiger charge is -2.16. The Morgan fingerprint density at radius 2 is 2.00 bits per heavy atom. The standard InChI is InChI=1S/C18H15ClF4N2O4/c1-4-5-28-17-24-14(18(21,22)23)8-15(26)25(17)13-6-10(11(19)7-12(13)20)16(27)29-9(2)3/h4,6-9H,1,5H2,2-3H3. The van der Waals surface area contributed by atoms with Crippen molar-refractivity contribution in [2.45, 2.75) is 26.1 Å². The SMILES string of the molecule is C=CCOc1nc(C(F)(F)F)cc(=O)n1-c1cc(C(=O)OC(C)C)c(Cl)cc1F. The molecule has 6 nitrogen and oxygen atoms in total. The first-order chi connectivity index (χ1) is 13.5. The highest BCUT2D eigenvalue weighted by atomic mass is 35.5. The Hall–Kier alpha value is -2.88. The van der Waals surface area contributed by atoms with Gasteiger partial charge in [-0.2, -0.15) is 18.2 Å². The maximum atomic E-state index is 14.5. The molecule has 156 valence electrons. The minimum absolute atomic E-state index is 0.181. The van der Waals surface area contributed by atoms with Crippen molar-refractivity contribution in [3.05, 3.63) is 63.3 Å². The minimum Gasteiger partial charge on any atom is -0.460 e. The Morgan fingerprint density at radius 1 is 1.34 bits per heavy atom. The molecule has 0 saturated heterocycles. The molecule has 0 spiro atoms. The van der Waals surface area contributed by atoms with E-state index in [0.29, 0.717) is 4.57 Å². The van der Waals surface area contributed by atoms with Crippen LogP contribution in [0.3, 0.4) is 0 Å². The fourth-order valence-corrected chi connectivity index (χ4v) is 2.43. The number of alkyl halides is 3. The van der Waals surface area contributed by atoms with E-state index in [2.05, 4.69) is 11.6 Å². The number of aromatic nitrogens is 2. The van der Waals surface area contributed by atoms with Crippen molar-refractivity contribution < 1.29 is 31.8 Å². The van der Waals surface area contributed by atoms with Crippen LogP contribution in [0.25, 0.3) is 5.69 Å². The molecule has 0 amide bonds. The second-order valence-corrected chi connectivity index (χ2v) is 6.34.